The van der Waals surface area contributed by atoms with Gasteiger partial charge in [-0.3, -0.25) is 9.59 Å². The number of hydrogen-bond acceptors (Lipinski definition) is 5. The van der Waals surface area contributed by atoms with Crippen molar-refractivity contribution in [3.63, 3.8) is 0 Å². The zero-order chi connectivity index (χ0) is 20.0. The van der Waals surface area contributed by atoms with Crippen LogP contribution in [0.5, 0.6) is 0 Å². The Balaban J connectivity index is 1.64. The average Bonchev–Trinajstić information content (AvgIpc) is 3.30. The lowest BCUT2D eigenvalue weighted by molar-refractivity contribution is -0.121. The molecular weight excluding hydrogens is 390 g/mol. The Morgan fingerprint density at radius 3 is 2.38 bits per heavy atom. The minimum atomic E-state index is -0.343. The number of nitrogens with one attached hydrogen (secondary N) is 1. The minimum Gasteiger partial charge on any atom is -0.324 e. The number of anilines is 2. The fourth-order valence-corrected chi connectivity index (χ4v) is 3.85. The van der Waals surface area contributed by atoms with E-state index < -0.39 is 0 Å². The highest BCUT2D eigenvalue weighted by molar-refractivity contribution is 6.31. The number of benzene rings is 2. The molecule has 0 radical (unpaired) electrons. The third-order valence-electron chi connectivity index (χ3n) is 5.01. The Hall–Kier alpha value is -3.45. The summed E-state index contributed by atoms with van der Waals surface area (Å²) in [4.78, 5) is 29.8. The fourth-order valence-electron chi connectivity index (χ4n) is 3.60. The molecule has 5 rings (SSSR count). The van der Waals surface area contributed by atoms with Crippen LogP contribution in [0, 0.1) is 0 Å². The molecule has 3 aromatic rings. The molecule has 7 nitrogen and oxygen atoms in total. The van der Waals surface area contributed by atoms with Crippen molar-refractivity contribution in [3.05, 3.63) is 76.8 Å². The summed E-state index contributed by atoms with van der Waals surface area (Å²) < 4.78 is 1.65. The lowest BCUT2D eigenvalue weighted by atomic mass is 10.0. The molecule has 2 aromatic carbocycles. The molecule has 0 aliphatic carbocycles. The summed E-state index contributed by atoms with van der Waals surface area (Å²) in [6, 6.07) is 17.0. The smallest absolute Gasteiger partial charge is 0.260 e. The molecule has 2 aliphatic rings. The quantitative estimate of drug-likeness (QED) is 0.673. The topological polar surface area (TPSA) is 80.1 Å². The molecule has 0 spiro atoms. The predicted octanol–water partition coefficient (Wildman–Crippen LogP) is 3.64. The predicted molar refractivity (Wildman–Crippen MR) is 109 cm³/mol. The van der Waals surface area contributed by atoms with Crippen molar-refractivity contribution in [2.45, 2.75) is 18.9 Å². The van der Waals surface area contributed by atoms with Gasteiger partial charge in [-0.15, -0.1) is 5.10 Å². The molecular formula is C21H16ClN5O2. The van der Waals surface area contributed by atoms with E-state index in [9.17, 15) is 9.59 Å². The van der Waals surface area contributed by atoms with E-state index in [1.54, 1.807) is 4.68 Å². The third kappa shape index (κ3) is 3.00. The summed E-state index contributed by atoms with van der Waals surface area (Å²) >= 11 is 6.47. The van der Waals surface area contributed by atoms with Crippen molar-refractivity contribution in [3.8, 4) is 0 Å². The minimum absolute atomic E-state index is 0.0831. The molecule has 0 saturated carbocycles. The van der Waals surface area contributed by atoms with Gasteiger partial charge in [0.2, 0.25) is 17.8 Å². The maximum Gasteiger partial charge on any atom is 0.260 e. The number of nitrogens with zero attached hydrogens (tertiary/aromatic N) is 4. The number of imide groups is 1. The first-order valence-corrected chi connectivity index (χ1v) is 9.60. The second-order valence-corrected chi connectivity index (χ2v) is 7.25. The van der Waals surface area contributed by atoms with Gasteiger partial charge in [-0.2, -0.15) is 4.98 Å². The molecule has 1 atom stereocenters. The molecule has 8 heteroatoms. The van der Waals surface area contributed by atoms with Gasteiger partial charge >= 0.3 is 0 Å². The summed E-state index contributed by atoms with van der Waals surface area (Å²) in [5, 5.41) is 8.35. The van der Waals surface area contributed by atoms with Gasteiger partial charge in [-0.05, 0) is 23.3 Å². The van der Waals surface area contributed by atoms with Gasteiger partial charge in [0, 0.05) is 23.6 Å². The van der Waals surface area contributed by atoms with Gasteiger partial charge in [0.15, 0.2) is 0 Å². The molecule has 1 fully saturated rings. The molecule has 1 aromatic heterocycles. The molecule has 1 N–H and O–H groups in total. The SMILES string of the molecule is O=C1CCC(=O)N1c1nc2n(n1)C(c1ccccc1Cl)C=C(c1ccccc1)N2. The number of carbonyl (C=O) groups is 2. The number of aromatic nitrogens is 3. The number of halogens is 1. The van der Waals surface area contributed by atoms with Crippen LogP contribution in [0.4, 0.5) is 11.9 Å². The summed E-state index contributed by atoms with van der Waals surface area (Å²) in [7, 11) is 0. The zero-order valence-electron chi connectivity index (χ0n) is 15.2. The van der Waals surface area contributed by atoms with E-state index in [1.807, 2.05) is 60.7 Å². The Morgan fingerprint density at radius 1 is 0.966 bits per heavy atom. The van der Waals surface area contributed by atoms with Crippen molar-refractivity contribution >= 4 is 41.0 Å². The third-order valence-corrected chi connectivity index (χ3v) is 5.36. The first-order chi connectivity index (χ1) is 14.1. The van der Waals surface area contributed by atoms with Crippen LogP contribution < -0.4 is 10.2 Å². The van der Waals surface area contributed by atoms with E-state index in [4.69, 9.17) is 11.6 Å². The highest BCUT2D eigenvalue weighted by Gasteiger charge is 2.35. The van der Waals surface area contributed by atoms with E-state index >= 15 is 0 Å². The largest absolute Gasteiger partial charge is 0.324 e. The second kappa shape index (κ2) is 6.86. The van der Waals surface area contributed by atoms with Crippen molar-refractivity contribution < 1.29 is 9.59 Å². The van der Waals surface area contributed by atoms with Gasteiger partial charge in [-0.25, -0.2) is 9.58 Å². The van der Waals surface area contributed by atoms with E-state index in [0.29, 0.717) is 11.0 Å². The second-order valence-electron chi connectivity index (χ2n) is 6.84. The van der Waals surface area contributed by atoms with E-state index in [-0.39, 0.29) is 36.6 Å². The van der Waals surface area contributed by atoms with E-state index in [2.05, 4.69) is 15.4 Å². The number of hydrogen-bond donors (Lipinski definition) is 1. The molecule has 1 unspecified atom stereocenters. The standard InChI is InChI=1S/C21H16ClN5O2/c22-15-9-5-4-8-14(15)17-12-16(13-6-2-1-3-7-13)23-20-24-21(25-27(17)20)26-18(28)10-11-19(26)29/h1-9,12,17H,10-11H2,(H,23,24,25). The average molecular weight is 406 g/mol. The van der Waals surface area contributed by atoms with Crippen LogP contribution in [0.15, 0.2) is 60.7 Å². The Labute approximate surface area is 171 Å². The van der Waals surface area contributed by atoms with Crippen molar-refractivity contribution in [1.29, 1.82) is 0 Å². The van der Waals surface area contributed by atoms with Gasteiger partial charge in [0.1, 0.15) is 6.04 Å². The maximum absolute atomic E-state index is 12.2. The van der Waals surface area contributed by atoms with Gasteiger partial charge in [-0.1, -0.05) is 60.1 Å². The molecule has 29 heavy (non-hydrogen) atoms. The number of carbonyl (C=O) groups excluding carboxylic acids is 2. The maximum atomic E-state index is 12.2. The van der Waals surface area contributed by atoms with Gasteiger partial charge < -0.3 is 5.32 Å². The molecule has 0 bridgehead atoms. The number of amides is 2. The summed E-state index contributed by atoms with van der Waals surface area (Å²) in [5.41, 5.74) is 2.68. The van der Waals surface area contributed by atoms with E-state index in [0.717, 1.165) is 21.7 Å². The Morgan fingerprint density at radius 2 is 1.66 bits per heavy atom. The summed E-state index contributed by atoms with van der Waals surface area (Å²) in [5.74, 6) is -0.0505. The van der Waals surface area contributed by atoms with E-state index in [1.165, 1.54) is 0 Å². The first kappa shape index (κ1) is 17.6. The van der Waals surface area contributed by atoms with Crippen molar-refractivity contribution in [2.24, 2.45) is 0 Å². The zero-order valence-corrected chi connectivity index (χ0v) is 16.0. The first-order valence-electron chi connectivity index (χ1n) is 9.23. The van der Waals surface area contributed by atoms with Crippen LogP contribution in [0.1, 0.15) is 30.0 Å². The van der Waals surface area contributed by atoms with Crippen LogP contribution in [0.2, 0.25) is 5.02 Å². The Kier molecular flexibility index (Phi) is 4.17. The van der Waals surface area contributed by atoms with Crippen LogP contribution in [0.3, 0.4) is 0 Å². The monoisotopic (exact) mass is 405 g/mol. The lowest BCUT2D eigenvalue weighted by Gasteiger charge is -2.24. The molecule has 3 heterocycles. The summed E-state index contributed by atoms with van der Waals surface area (Å²) in [6.07, 6.45) is 2.37. The summed E-state index contributed by atoms with van der Waals surface area (Å²) in [6.45, 7) is 0. The highest BCUT2D eigenvalue weighted by Crippen LogP contribution is 2.36. The highest BCUT2D eigenvalue weighted by atomic mass is 35.5. The van der Waals surface area contributed by atoms with Gasteiger partial charge in [0.25, 0.3) is 5.95 Å². The van der Waals surface area contributed by atoms with Crippen molar-refractivity contribution in [1.82, 2.24) is 14.8 Å². The fraction of sp³-hybridized carbons (Fsp3) is 0.143. The van der Waals surface area contributed by atoms with Crippen LogP contribution >= 0.6 is 11.6 Å². The molecule has 2 aliphatic heterocycles. The molecule has 144 valence electrons. The Bertz CT molecular complexity index is 1140. The number of allylic oxidation sites excluding steroid dienone is 1. The van der Waals surface area contributed by atoms with Crippen LogP contribution in [-0.2, 0) is 9.59 Å². The molecule has 2 amide bonds. The van der Waals surface area contributed by atoms with Crippen molar-refractivity contribution in [2.75, 3.05) is 10.2 Å². The van der Waals surface area contributed by atoms with Crippen LogP contribution in [-0.4, -0.2) is 26.6 Å². The normalized spacial score (nSPS) is 18.4. The number of rotatable bonds is 3. The van der Waals surface area contributed by atoms with Gasteiger partial charge in [0.05, 0.1) is 0 Å². The number of fused-ring (bicyclic) bond motifs is 1. The molecule has 1 saturated heterocycles. The van der Waals surface area contributed by atoms with Crippen LogP contribution in [0.25, 0.3) is 5.70 Å². The lowest BCUT2D eigenvalue weighted by Crippen LogP contribution is -2.29.